The number of anilines is 1. The maximum Gasteiger partial charge on any atom is 0.393 e. The normalized spacial score (nSPS) is 26.2. The highest BCUT2D eigenvalue weighted by atomic mass is 19.4. The van der Waals surface area contributed by atoms with Crippen LogP contribution in [0.15, 0.2) is 18.7 Å². The highest BCUT2D eigenvalue weighted by Crippen LogP contribution is 2.54. The second-order valence-electron chi connectivity index (χ2n) is 11.4. The smallest absolute Gasteiger partial charge is 0.340 e. The Morgan fingerprint density at radius 1 is 0.944 bits per heavy atom. The first kappa shape index (κ1) is 22.3. The SMILES string of the molecule is O=C(N1CC(c2cnc(N3CC[C@@H](C(F)(F)F)C3)nc2)C1)N1CC2(CC(n3cnc(C4CC4)n3)C2)C1. The summed E-state index contributed by atoms with van der Waals surface area (Å²) in [4.78, 5) is 31.4. The van der Waals surface area contributed by atoms with E-state index in [1.165, 1.54) is 12.8 Å². The Balaban J connectivity index is 0.866. The molecule has 2 aromatic rings. The van der Waals surface area contributed by atoms with Gasteiger partial charge in [-0.1, -0.05) is 0 Å². The van der Waals surface area contributed by atoms with Crippen LogP contribution >= 0.6 is 0 Å². The van der Waals surface area contributed by atoms with Crippen molar-refractivity contribution in [3.05, 3.63) is 30.1 Å². The molecule has 36 heavy (non-hydrogen) atoms. The molecule has 7 rings (SSSR count). The lowest BCUT2D eigenvalue weighted by Crippen LogP contribution is -2.67. The summed E-state index contributed by atoms with van der Waals surface area (Å²) in [6.07, 6.45) is 5.68. The van der Waals surface area contributed by atoms with E-state index in [9.17, 15) is 18.0 Å². The van der Waals surface area contributed by atoms with Gasteiger partial charge >= 0.3 is 12.2 Å². The van der Waals surface area contributed by atoms with Gasteiger partial charge < -0.3 is 14.7 Å². The molecule has 9 nitrogen and oxygen atoms in total. The van der Waals surface area contributed by atoms with Crippen molar-refractivity contribution in [1.29, 1.82) is 0 Å². The van der Waals surface area contributed by atoms with Crippen LogP contribution in [0.5, 0.6) is 0 Å². The van der Waals surface area contributed by atoms with Gasteiger partial charge in [-0.15, -0.1) is 0 Å². The van der Waals surface area contributed by atoms with E-state index in [0.29, 0.717) is 37.5 Å². The highest BCUT2D eigenvalue weighted by Gasteiger charge is 2.55. The molecular weight excluding hydrogens is 473 g/mol. The van der Waals surface area contributed by atoms with Crippen molar-refractivity contribution in [2.75, 3.05) is 44.2 Å². The van der Waals surface area contributed by atoms with E-state index in [1.54, 1.807) is 17.3 Å². The monoisotopic (exact) mass is 502 g/mol. The molecule has 1 spiro atoms. The van der Waals surface area contributed by atoms with Gasteiger partial charge in [0.15, 0.2) is 5.82 Å². The van der Waals surface area contributed by atoms with E-state index >= 15 is 0 Å². The topological polar surface area (TPSA) is 83.3 Å². The van der Waals surface area contributed by atoms with Crippen molar-refractivity contribution >= 4 is 12.0 Å². The van der Waals surface area contributed by atoms with Gasteiger partial charge in [0.1, 0.15) is 6.33 Å². The highest BCUT2D eigenvalue weighted by molar-refractivity contribution is 5.77. The molecule has 0 radical (unpaired) electrons. The summed E-state index contributed by atoms with van der Waals surface area (Å²) in [5.41, 5.74) is 1.16. The van der Waals surface area contributed by atoms with Crippen molar-refractivity contribution < 1.29 is 18.0 Å². The first-order valence-corrected chi connectivity index (χ1v) is 12.8. The Morgan fingerprint density at radius 2 is 1.67 bits per heavy atom. The van der Waals surface area contributed by atoms with Gasteiger partial charge in [0.2, 0.25) is 5.95 Å². The van der Waals surface area contributed by atoms with Crippen LogP contribution in [0.1, 0.15) is 61.4 Å². The lowest BCUT2D eigenvalue weighted by atomic mass is 9.61. The summed E-state index contributed by atoms with van der Waals surface area (Å²) in [5.74, 6) is 0.747. The standard InChI is InChI=1S/C24H29F3N8O/c25-24(26,27)18-3-4-32(11-18)21-28-7-16(8-29-21)17-9-33(10-17)22(36)34-12-23(13-34)5-19(6-23)35-14-30-20(31-35)15-1-2-15/h7-8,14-15,17-19H,1-6,9-13H2/t18-/m1/s1. The van der Waals surface area contributed by atoms with Crippen molar-refractivity contribution in [2.45, 2.75) is 56.2 Å². The molecular formula is C24H29F3N8O. The van der Waals surface area contributed by atoms with Gasteiger partial charge in [0, 0.05) is 68.9 Å². The quantitative estimate of drug-likeness (QED) is 0.639. The lowest BCUT2D eigenvalue weighted by Gasteiger charge is -2.60. The predicted octanol–water partition coefficient (Wildman–Crippen LogP) is 3.19. The molecule has 5 heterocycles. The van der Waals surface area contributed by atoms with Crippen molar-refractivity contribution in [3.8, 4) is 0 Å². The van der Waals surface area contributed by atoms with E-state index in [2.05, 4.69) is 20.1 Å². The predicted molar refractivity (Wildman–Crippen MR) is 122 cm³/mol. The molecule has 192 valence electrons. The van der Waals surface area contributed by atoms with Crippen LogP contribution in [0.2, 0.25) is 0 Å². The third-order valence-electron chi connectivity index (χ3n) is 8.72. The fourth-order valence-electron chi connectivity index (χ4n) is 6.24. The average molecular weight is 503 g/mol. The van der Waals surface area contributed by atoms with E-state index in [1.807, 2.05) is 20.8 Å². The molecule has 5 fully saturated rings. The van der Waals surface area contributed by atoms with Crippen LogP contribution in [-0.4, -0.2) is 86.0 Å². The zero-order valence-electron chi connectivity index (χ0n) is 19.9. The van der Waals surface area contributed by atoms with E-state index in [4.69, 9.17) is 0 Å². The van der Waals surface area contributed by atoms with Crippen LogP contribution in [0, 0.1) is 11.3 Å². The molecule has 0 bridgehead atoms. The molecule has 1 atom stereocenters. The van der Waals surface area contributed by atoms with E-state index in [-0.39, 0.29) is 30.3 Å². The fourth-order valence-corrected chi connectivity index (χ4v) is 6.24. The van der Waals surface area contributed by atoms with Crippen molar-refractivity contribution in [1.82, 2.24) is 34.5 Å². The van der Waals surface area contributed by atoms with Crippen LogP contribution in [0.3, 0.4) is 0 Å². The Hall–Kier alpha value is -2.92. The molecule has 2 saturated carbocycles. The lowest BCUT2D eigenvalue weighted by molar-refractivity contribution is -0.168. The molecule has 0 N–H and O–H groups in total. The van der Waals surface area contributed by atoms with Gasteiger partial charge in [0.25, 0.3) is 0 Å². The number of hydrogen-bond acceptors (Lipinski definition) is 6. The zero-order chi connectivity index (χ0) is 24.7. The molecule has 3 aliphatic heterocycles. The molecule has 12 heteroatoms. The largest absolute Gasteiger partial charge is 0.393 e. The van der Waals surface area contributed by atoms with Gasteiger partial charge in [-0.3, -0.25) is 0 Å². The third-order valence-corrected chi connectivity index (χ3v) is 8.72. The Labute approximate surface area is 206 Å². The third kappa shape index (κ3) is 3.80. The Bertz CT molecular complexity index is 1140. The second-order valence-corrected chi connectivity index (χ2v) is 11.4. The summed E-state index contributed by atoms with van der Waals surface area (Å²) in [6, 6.07) is 0.489. The van der Waals surface area contributed by atoms with E-state index in [0.717, 1.165) is 37.3 Å². The Morgan fingerprint density at radius 3 is 2.31 bits per heavy atom. The fraction of sp³-hybridized carbons (Fsp3) is 0.708. The summed E-state index contributed by atoms with van der Waals surface area (Å²) in [5, 5.41) is 4.66. The number of carbonyl (C=O) groups excluding carboxylic acids is 1. The van der Waals surface area contributed by atoms with E-state index < -0.39 is 12.1 Å². The minimum atomic E-state index is -4.18. The maximum absolute atomic E-state index is 12.9. The molecule has 0 aromatic carbocycles. The summed E-state index contributed by atoms with van der Waals surface area (Å²) >= 11 is 0. The molecule has 0 unspecified atom stereocenters. The van der Waals surface area contributed by atoms with Crippen LogP contribution in [0.25, 0.3) is 0 Å². The van der Waals surface area contributed by atoms with Gasteiger partial charge in [-0.2, -0.15) is 18.3 Å². The van der Waals surface area contributed by atoms with Crippen molar-refractivity contribution in [2.24, 2.45) is 11.3 Å². The number of alkyl halides is 3. The maximum atomic E-state index is 12.9. The summed E-state index contributed by atoms with van der Waals surface area (Å²) in [7, 11) is 0. The average Bonchev–Trinajstić information content (AvgIpc) is 3.27. The van der Waals surface area contributed by atoms with Gasteiger partial charge in [0.05, 0.1) is 12.0 Å². The number of hydrogen-bond donors (Lipinski definition) is 0. The minimum Gasteiger partial charge on any atom is -0.340 e. The number of aromatic nitrogens is 5. The molecule has 2 amide bonds. The summed E-state index contributed by atoms with van der Waals surface area (Å²) in [6.45, 7) is 3.08. The number of rotatable bonds is 4. The summed E-state index contributed by atoms with van der Waals surface area (Å²) < 4.78 is 40.8. The zero-order valence-corrected chi connectivity index (χ0v) is 19.9. The van der Waals surface area contributed by atoms with Gasteiger partial charge in [-0.05, 0) is 37.7 Å². The molecule has 2 aromatic heterocycles. The van der Waals surface area contributed by atoms with Crippen LogP contribution in [0.4, 0.5) is 23.9 Å². The first-order chi connectivity index (χ1) is 17.3. The van der Waals surface area contributed by atoms with Crippen LogP contribution in [-0.2, 0) is 0 Å². The number of amides is 2. The number of halogens is 3. The van der Waals surface area contributed by atoms with Gasteiger partial charge in [-0.25, -0.2) is 24.4 Å². The molecule has 2 aliphatic carbocycles. The minimum absolute atomic E-state index is 0.0779. The molecule has 5 aliphatic rings. The van der Waals surface area contributed by atoms with Crippen LogP contribution < -0.4 is 4.90 Å². The van der Waals surface area contributed by atoms with Crippen molar-refractivity contribution in [3.63, 3.8) is 0 Å². The number of likely N-dealkylation sites (tertiary alicyclic amines) is 2. The number of urea groups is 1. The number of nitrogens with zero attached hydrogens (tertiary/aromatic N) is 8. The molecule has 3 saturated heterocycles. The Kier molecular flexibility index (Phi) is 4.82. The first-order valence-electron chi connectivity index (χ1n) is 12.8. The number of carbonyl (C=O) groups is 1. The second kappa shape index (κ2) is 7.79.